The number of amides is 1. The highest BCUT2D eigenvalue weighted by Crippen LogP contribution is 2.11. The molecule has 3 N–H and O–H groups in total. The van der Waals surface area contributed by atoms with Gasteiger partial charge in [-0.3, -0.25) is 4.79 Å². The van der Waals surface area contributed by atoms with Gasteiger partial charge >= 0.3 is 5.97 Å². The standard InChI is InChI=1S/C12H14N2O5S/c1-13-11(15)8-14-20(18,19)10-5-2-9(3-6-10)4-7-12(16)17/h2-7,14H,8H2,1H3,(H,13,15)(H,16,17)/b7-4+. The number of hydrogen-bond acceptors (Lipinski definition) is 4. The van der Waals surface area contributed by atoms with Crippen LogP contribution in [0.25, 0.3) is 6.08 Å². The van der Waals surface area contributed by atoms with E-state index in [9.17, 15) is 18.0 Å². The predicted molar refractivity (Wildman–Crippen MR) is 72.4 cm³/mol. The summed E-state index contributed by atoms with van der Waals surface area (Å²) in [4.78, 5) is 21.3. The molecule has 1 amide bonds. The molecule has 1 rings (SSSR count). The molecule has 0 saturated carbocycles. The van der Waals surface area contributed by atoms with E-state index in [-0.39, 0.29) is 11.4 Å². The summed E-state index contributed by atoms with van der Waals surface area (Å²) >= 11 is 0. The quantitative estimate of drug-likeness (QED) is 0.630. The first kappa shape index (κ1) is 15.9. The fourth-order valence-electron chi connectivity index (χ4n) is 1.26. The maximum atomic E-state index is 11.8. The summed E-state index contributed by atoms with van der Waals surface area (Å²) in [5.74, 6) is -1.54. The number of rotatable bonds is 6. The third kappa shape index (κ3) is 4.82. The van der Waals surface area contributed by atoms with Gasteiger partial charge in [-0.15, -0.1) is 0 Å². The number of carbonyl (C=O) groups is 2. The van der Waals surface area contributed by atoms with Crippen molar-refractivity contribution in [1.82, 2.24) is 10.0 Å². The Morgan fingerprint density at radius 3 is 2.35 bits per heavy atom. The lowest BCUT2D eigenvalue weighted by Gasteiger charge is -2.06. The van der Waals surface area contributed by atoms with Crippen LogP contribution in [0.4, 0.5) is 0 Å². The highest BCUT2D eigenvalue weighted by molar-refractivity contribution is 7.89. The van der Waals surface area contributed by atoms with Crippen molar-refractivity contribution >= 4 is 28.0 Å². The molecule has 0 aliphatic rings. The summed E-state index contributed by atoms with van der Waals surface area (Å²) in [6.45, 7) is -0.348. The van der Waals surface area contributed by atoms with Crippen molar-refractivity contribution in [2.45, 2.75) is 4.90 Å². The molecule has 108 valence electrons. The first-order chi connectivity index (χ1) is 9.35. The molecule has 8 heteroatoms. The number of hydrogen-bond donors (Lipinski definition) is 3. The van der Waals surface area contributed by atoms with Gasteiger partial charge in [0.25, 0.3) is 0 Å². The van der Waals surface area contributed by atoms with Gasteiger partial charge in [0, 0.05) is 13.1 Å². The van der Waals surface area contributed by atoms with Crippen LogP contribution in [0.5, 0.6) is 0 Å². The van der Waals surface area contributed by atoms with E-state index in [1.165, 1.54) is 37.4 Å². The minimum Gasteiger partial charge on any atom is -0.478 e. The first-order valence-corrected chi connectivity index (χ1v) is 7.05. The molecule has 0 radical (unpaired) electrons. The summed E-state index contributed by atoms with van der Waals surface area (Å²) in [5.41, 5.74) is 0.553. The minimum absolute atomic E-state index is 0.00567. The van der Waals surface area contributed by atoms with Crippen molar-refractivity contribution in [3.05, 3.63) is 35.9 Å². The molecule has 0 fully saturated rings. The minimum atomic E-state index is -3.76. The Morgan fingerprint density at radius 1 is 1.25 bits per heavy atom. The van der Waals surface area contributed by atoms with Crippen molar-refractivity contribution in [1.29, 1.82) is 0 Å². The third-order valence-corrected chi connectivity index (χ3v) is 3.73. The van der Waals surface area contributed by atoms with Crippen LogP contribution in [0.3, 0.4) is 0 Å². The predicted octanol–water partition coefficient (Wildman–Crippen LogP) is -0.191. The molecule has 0 aliphatic carbocycles. The number of nitrogens with one attached hydrogen (secondary N) is 2. The van der Waals surface area contributed by atoms with Gasteiger partial charge in [-0.1, -0.05) is 12.1 Å². The van der Waals surface area contributed by atoms with Gasteiger partial charge in [-0.05, 0) is 23.8 Å². The number of carbonyl (C=O) groups excluding carboxylic acids is 1. The van der Waals surface area contributed by atoms with Crippen LogP contribution in [-0.4, -0.2) is 39.0 Å². The van der Waals surface area contributed by atoms with Crippen molar-refractivity contribution < 1.29 is 23.1 Å². The molecule has 0 aromatic heterocycles. The molecule has 0 saturated heterocycles. The van der Waals surface area contributed by atoms with E-state index < -0.39 is 21.9 Å². The largest absolute Gasteiger partial charge is 0.478 e. The number of likely N-dealkylation sites (N-methyl/N-ethyl adjacent to an activating group) is 1. The molecule has 0 spiro atoms. The number of sulfonamides is 1. The smallest absolute Gasteiger partial charge is 0.328 e. The van der Waals surface area contributed by atoms with E-state index >= 15 is 0 Å². The van der Waals surface area contributed by atoms with Crippen molar-refractivity contribution in [3.63, 3.8) is 0 Å². The van der Waals surface area contributed by atoms with Gasteiger partial charge in [0.2, 0.25) is 15.9 Å². The molecule has 1 aromatic carbocycles. The van der Waals surface area contributed by atoms with E-state index in [4.69, 9.17) is 5.11 Å². The van der Waals surface area contributed by atoms with Crippen LogP contribution >= 0.6 is 0 Å². The number of carboxylic acid groups (broad SMARTS) is 1. The number of carboxylic acids is 1. The lowest BCUT2D eigenvalue weighted by molar-refractivity contribution is -0.131. The lowest BCUT2D eigenvalue weighted by atomic mass is 10.2. The second kappa shape index (κ2) is 6.83. The highest BCUT2D eigenvalue weighted by Gasteiger charge is 2.14. The van der Waals surface area contributed by atoms with Crippen LogP contribution < -0.4 is 10.0 Å². The molecule has 0 aliphatic heterocycles. The Bertz CT molecular complexity index is 620. The maximum absolute atomic E-state index is 11.8. The SMILES string of the molecule is CNC(=O)CNS(=O)(=O)c1ccc(/C=C/C(=O)O)cc1. The van der Waals surface area contributed by atoms with Gasteiger partial charge in [-0.25, -0.2) is 17.9 Å². The molecular weight excluding hydrogens is 284 g/mol. The van der Waals surface area contributed by atoms with Crippen molar-refractivity contribution in [2.24, 2.45) is 0 Å². The average Bonchev–Trinajstić information content (AvgIpc) is 2.43. The Labute approximate surface area is 116 Å². The topological polar surface area (TPSA) is 113 Å². The van der Waals surface area contributed by atoms with Gasteiger partial charge in [0.15, 0.2) is 0 Å². The van der Waals surface area contributed by atoms with E-state index in [1.807, 2.05) is 0 Å². The van der Waals surface area contributed by atoms with Crippen LogP contribution in [0.2, 0.25) is 0 Å². The highest BCUT2D eigenvalue weighted by atomic mass is 32.2. The molecule has 20 heavy (non-hydrogen) atoms. The normalized spacial score (nSPS) is 11.4. The molecule has 0 atom stereocenters. The summed E-state index contributed by atoms with van der Waals surface area (Å²) in [6, 6.07) is 5.59. The summed E-state index contributed by atoms with van der Waals surface area (Å²) in [6.07, 6.45) is 2.30. The Morgan fingerprint density at radius 2 is 1.85 bits per heavy atom. The Hall–Kier alpha value is -2.19. The van der Waals surface area contributed by atoms with E-state index in [0.717, 1.165) is 6.08 Å². The van der Waals surface area contributed by atoms with Crippen molar-refractivity contribution in [2.75, 3.05) is 13.6 Å². The fourth-order valence-corrected chi connectivity index (χ4v) is 2.24. The average molecular weight is 298 g/mol. The van der Waals surface area contributed by atoms with Gasteiger partial charge < -0.3 is 10.4 Å². The fraction of sp³-hybridized carbons (Fsp3) is 0.167. The van der Waals surface area contributed by atoms with E-state index in [0.29, 0.717) is 5.56 Å². The third-order valence-electron chi connectivity index (χ3n) is 2.31. The molecule has 0 unspecified atom stereocenters. The van der Waals surface area contributed by atoms with Crippen molar-refractivity contribution in [3.8, 4) is 0 Å². The molecule has 7 nitrogen and oxygen atoms in total. The first-order valence-electron chi connectivity index (χ1n) is 5.56. The molecule has 0 heterocycles. The number of benzene rings is 1. The zero-order valence-electron chi connectivity index (χ0n) is 10.7. The van der Waals surface area contributed by atoms with Crippen LogP contribution in [-0.2, 0) is 19.6 Å². The Kier molecular flexibility index (Phi) is 5.42. The van der Waals surface area contributed by atoms with Crippen LogP contribution in [0.15, 0.2) is 35.2 Å². The summed E-state index contributed by atoms with van der Waals surface area (Å²) < 4.78 is 25.8. The Balaban J connectivity index is 2.81. The van der Waals surface area contributed by atoms with Crippen LogP contribution in [0, 0.1) is 0 Å². The zero-order chi connectivity index (χ0) is 15.2. The van der Waals surface area contributed by atoms with Gasteiger partial charge in [-0.2, -0.15) is 0 Å². The van der Waals surface area contributed by atoms with Gasteiger partial charge in [0.05, 0.1) is 11.4 Å². The lowest BCUT2D eigenvalue weighted by Crippen LogP contribution is -2.35. The summed E-state index contributed by atoms with van der Waals surface area (Å²) in [7, 11) is -2.36. The molecule has 0 bridgehead atoms. The summed E-state index contributed by atoms with van der Waals surface area (Å²) in [5, 5.41) is 10.8. The monoisotopic (exact) mass is 298 g/mol. The molecular formula is C12H14N2O5S. The second-order valence-electron chi connectivity index (χ2n) is 3.74. The maximum Gasteiger partial charge on any atom is 0.328 e. The van der Waals surface area contributed by atoms with E-state index in [1.54, 1.807) is 0 Å². The zero-order valence-corrected chi connectivity index (χ0v) is 11.5. The van der Waals surface area contributed by atoms with Crippen LogP contribution in [0.1, 0.15) is 5.56 Å². The van der Waals surface area contributed by atoms with Gasteiger partial charge in [0.1, 0.15) is 0 Å². The number of aliphatic carboxylic acids is 1. The second-order valence-corrected chi connectivity index (χ2v) is 5.51. The molecule has 1 aromatic rings. The van der Waals surface area contributed by atoms with E-state index in [2.05, 4.69) is 10.0 Å².